The first-order valence-electron chi connectivity index (χ1n) is 3.72. The Morgan fingerprint density at radius 3 is 2.64 bits per heavy atom. The first-order chi connectivity index (χ1) is 5.43. The maximum absolute atomic E-state index is 2.16. The molecule has 0 nitrogen and oxygen atoms in total. The van der Waals surface area contributed by atoms with Crippen LogP contribution in [0.5, 0.6) is 0 Å². The van der Waals surface area contributed by atoms with Gasteiger partial charge in [-0.3, -0.25) is 0 Å². The van der Waals surface area contributed by atoms with Crippen LogP contribution < -0.4 is 0 Å². The maximum atomic E-state index is 2.16. The number of hydrogen-bond acceptors (Lipinski definition) is 1. The van der Waals surface area contributed by atoms with Crippen LogP contribution >= 0.6 is 11.8 Å². The van der Waals surface area contributed by atoms with E-state index in [1.54, 1.807) is 0 Å². The van der Waals surface area contributed by atoms with Crippen LogP contribution in [0.25, 0.3) is 0 Å². The van der Waals surface area contributed by atoms with Crippen molar-refractivity contribution in [1.29, 1.82) is 0 Å². The van der Waals surface area contributed by atoms with E-state index in [9.17, 15) is 0 Å². The second-order valence-electron chi connectivity index (χ2n) is 2.19. The summed E-state index contributed by atoms with van der Waals surface area (Å²) < 4.78 is 0. The number of rotatable bonds is 3. The monoisotopic (exact) mass is 164 g/mol. The molecule has 1 rings (SSSR count). The average Bonchev–Trinajstić information content (AvgIpc) is 2.07. The lowest BCUT2D eigenvalue weighted by molar-refractivity contribution is 1.46. The van der Waals surface area contributed by atoms with Gasteiger partial charge in [-0.05, 0) is 19.1 Å². The molecule has 1 aromatic rings. The summed E-state index contributed by atoms with van der Waals surface area (Å²) in [7, 11) is 0. The minimum atomic E-state index is 1.07. The van der Waals surface area contributed by atoms with E-state index in [0.717, 1.165) is 5.75 Å². The fourth-order valence-corrected chi connectivity index (χ4v) is 1.59. The summed E-state index contributed by atoms with van der Waals surface area (Å²) in [5.74, 6) is 1.07. The zero-order valence-electron chi connectivity index (χ0n) is 6.66. The molecule has 0 aliphatic heterocycles. The van der Waals surface area contributed by atoms with Crippen molar-refractivity contribution in [3.63, 3.8) is 0 Å². The number of benzene rings is 1. The Morgan fingerprint density at radius 2 is 2.00 bits per heavy atom. The van der Waals surface area contributed by atoms with Crippen LogP contribution in [0, 0.1) is 0 Å². The Hall–Kier alpha value is -0.690. The predicted molar refractivity (Wildman–Crippen MR) is 52.0 cm³/mol. The number of thioether (sulfide) groups is 1. The molecule has 0 radical (unpaired) electrons. The second-order valence-corrected chi connectivity index (χ2v) is 3.29. The van der Waals surface area contributed by atoms with E-state index < -0.39 is 0 Å². The van der Waals surface area contributed by atoms with E-state index in [2.05, 4.69) is 36.4 Å². The Labute approximate surface area is 72.3 Å². The largest absolute Gasteiger partial charge is 0.122 e. The first-order valence-corrected chi connectivity index (χ1v) is 4.71. The van der Waals surface area contributed by atoms with E-state index in [4.69, 9.17) is 0 Å². The van der Waals surface area contributed by atoms with Gasteiger partial charge >= 0.3 is 0 Å². The van der Waals surface area contributed by atoms with E-state index in [1.807, 2.05) is 24.8 Å². The van der Waals surface area contributed by atoms with Crippen molar-refractivity contribution in [3.8, 4) is 0 Å². The molecule has 0 N–H and O–H groups in total. The van der Waals surface area contributed by atoms with Crippen molar-refractivity contribution in [2.24, 2.45) is 0 Å². The van der Waals surface area contributed by atoms with Gasteiger partial charge in [0.1, 0.15) is 0 Å². The van der Waals surface area contributed by atoms with Crippen molar-refractivity contribution in [3.05, 3.63) is 42.5 Å². The van der Waals surface area contributed by atoms with E-state index in [1.165, 1.54) is 4.90 Å². The summed E-state index contributed by atoms with van der Waals surface area (Å²) in [6, 6.07) is 10.4. The molecule has 0 fully saturated rings. The Balaban J connectivity index is 2.39. The maximum Gasteiger partial charge on any atom is 0.0160 e. The van der Waals surface area contributed by atoms with Gasteiger partial charge in [-0.1, -0.05) is 30.4 Å². The summed E-state index contributed by atoms with van der Waals surface area (Å²) in [5.41, 5.74) is 0. The van der Waals surface area contributed by atoms with Gasteiger partial charge in [-0.2, -0.15) is 0 Å². The van der Waals surface area contributed by atoms with E-state index in [-0.39, 0.29) is 0 Å². The molecular weight excluding hydrogens is 152 g/mol. The minimum Gasteiger partial charge on any atom is -0.122 e. The van der Waals surface area contributed by atoms with Crippen molar-refractivity contribution in [2.75, 3.05) is 5.75 Å². The zero-order valence-corrected chi connectivity index (χ0v) is 7.47. The van der Waals surface area contributed by atoms with E-state index in [0.29, 0.717) is 0 Å². The summed E-state index contributed by atoms with van der Waals surface area (Å²) in [4.78, 5) is 1.34. The second kappa shape index (κ2) is 5.03. The van der Waals surface area contributed by atoms with Crippen molar-refractivity contribution in [1.82, 2.24) is 0 Å². The van der Waals surface area contributed by atoms with Crippen LogP contribution in [0.3, 0.4) is 0 Å². The molecule has 0 heterocycles. The molecule has 0 amide bonds. The molecule has 0 saturated heterocycles. The fraction of sp³-hybridized carbons (Fsp3) is 0.200. The standard InChI is InChI=1S/C10H12S/c1-2-3-9-11-10-7-5-4-6-8-10/h2-8H,9H2,1H3. The van der Waals surface area contributed by atoms with Gasteiger partial charge in [0.25, 0.3) is 0 Å². The van der Waals surface area contributed by atoms with Gasteiger partial charge in [0.15, 0.2) is 0 Å². The molecular formula is C10H12S. The molecule has 0 spiro atoms. The quantitative estimate of drug-likeness (QED) is 0.487. The van der Waals surface area contributed by atoms with Gasteiger partial charge in [-0.15, -0.1) is 11.8 Å². The van der Waals surface area contributed by atoms with Crippen LogP contribution in [0.2, 0.25) is 0 Å². The Bertz CT molecular complexity index is 214. The first kappa shape index (κ1) is 8.41. The van der Waals surface area contributed by atoms with Gasteiger partial charge in [-0.25, -0.2) is 0 Å². The van der Waals surface area contributed by atoms with Gasteiger partial charge in [0, 0.05) is 10.6 Å². The molecule has 0 aromatic heterocycles. The number of hydrogen-bond donors (Lipinski definition) is 0. The third kappa shape index (κ3) is 3.28. The molecule has 1 aromatic carbocycles. The highest BCUT2D eigenvalue weighted by Gasteiger charge is 1.86. The smallest absolute Gasteiger partial charge is 0.0160 e. The van der Waals surface area contributed by atoms with Crippen molar-refractivity contribution < 1.29 is 0 Å². The summed E-state index contributed by atoms with van der Waals surface area (Å²) in [6.07, 6.45) is 4.24. The van der Waals surface area contributed by atoms with Gasteiger partial charge < -0.3 is 0 Å². The Morgan fingerprint density at radius 1 is 1.27 bits per heavy atom. The SMILES string of the molecule is CC=CCSc1ccccc1. The van der Waals surface area contributed by atoms with Gasteiger partial charge in [0.2, 0.25) is 0 Å². The van der Waals surface area contributed by atoms with Gasteiger partial charge in [0.05, 0.1) is 0 Å². The highest BCUT2D eigenvalue weighted by atomic mass is 32.2. The highest BCUT2D eigenvalue weighted by Crippen LogP contribution is 2.16. The molecule has 0 aliphatic rings. The van der Waals surface area contributed by atoms with E-state index >= 15 is 0 Å². The zero-order chi connectivity index (χ0) is 7.94. The summed E-state index contributed by atoms with van der Waals surface area (Å²) in [6.45, 7) is 2.05. The van der Waals surface area contributed by atoms with Crippen LogP contribution in [-0.4, -0.2) is 5.75 Å². The third-order valence-electron chi connectivity index (χ3n) is 1.33. The minimum absolute atomic E-state index is 1.07. The lowest BCUT2D eigenvalue weighted by atomic mass is 10.4. The number of allylic oxidation sites excluding steroid dienone is 1. The molecule has 58 valence electrons. The molecule has 0 bridgehead atoms. The predicted octanol–water partition coefficient (Wildman–Crippen LogP) is 3.35. The Kier molecular flexibility index (Phi) is 3.84. The molecule has 1 heteroatoms. The van der Waals surface area contributed by atoms with Crippen LogP contribution in [0.4, 0.5) is 0 Å². The molecule has 0 saturated carbocycles. The normalized spacial score (nSPS) is 10.6. The van der Waals surface area contributed by atoms with Crippen LogP contribution in [0.15, 0.2) is 47.4 Å². The molecule has 11 heavy (non-hydrogen) atoms. The fourth-order valence-electron chi connectivity index (χ4n) is 0.757. The van der Waals surface area contributed by atoms with Crippen molar-refractivity contribution in [2.45, 2.75) is 11.8 Å². The average molecular weight is 164 g/mol. The third-order valence-corrected chi connectivity index (χ3v) is 2.29. The highest BCUT2D eigenvalue weighted by molar-refractivity contribution is 7.99. The summed E-state index contributed by atoms with van der Waals surface area (Å²) >= 11 is 1.86. The lowest BCUT2D eigenvalue weighted by Gasteiger charge is -1.95. The molecule has 0 atom stereocenters. The molecule has 0 unspecified atom stereocenters. The lowest BCUT2D eigenvalue weighted by Crippen LogP contribution is -1.71. The van der Waals surface area contributed by atoms with Crippen LogP contribution in [-0.2, 0) is 0 Å². The van der Waals surface area contributed by atoms with Crippen LogP contribution in [0.1, 0.15) is 6.92 Å². The topological polar surface area (TPSA) is 0 Å². The molecule has 0 aliphatic carbocycles. The van der Waals surface area contributed by atoms with Crippen molar-refractivity contribution >= 4 is 11.8 Å². The summed E-state index contributed by atoms with van der Waals surface area (Å²) in [5, 5.41) is 0.